The fourth-order valence-corrected chi connectivity index (χ4v) is 7.05. The largest absolute Gasteiger partial charge is 0.481 e. The van der Waals surface area contributed by atoms with Crippen molar-refractivity contribution in [2.45, 2.75) is 99.8 Å². The summed E-state index contributed by atoms with van der Waals surface area (Å²) in [5, 5.41) is 18.6. The highest BCUT2D eigenvalue weighted by molar-refractivity contribution is 8.07. The average Bonchev–Trinajstić information content (AvgIpc) is 2.77. The lowest BCUT2D eigenvalue weighted by molar-refractivity contribution is -0.148. The van der Waals surface area contributed by atoms with E-state index in [4.69, 9.17) is 0 Å². The monoisotopic (exact) mass is 546 g/mol. The molecule has 0 radical (unpaired) electrons. The van der Waals surface area contributed by atoms with Crippen molar-refractivity contribution in [3.63, 3.8) is 0 Å². The molecule has 1 unspecified atom stereocenters. The van der Waals surface area contributed by atoms with Crippen LogP contribution in [0.3, 0.4) is 0 Å². The summed E-state index contributed by atoms with van der Waals surface area (Å²) in [5.41, 5.74) is -1.32. The normalized spacial score (nSPS) is 20.2. The van der Waals surface area contributed by atoms with Crippen molar-refractivity contribution in [1.82, 2.24) is 0 Å². The molecule has 2 aliphatic rings. The van der Waals surface area contributed by atoms with E-state index in [0.29, 0.717) is 18.8 Å². The Bertz CT molecular complexity index is 993. The summed E-state index contributed by atoms with van der Waals surface area (Å²) in [4.78, 5) is 27.9. The highest BCUT2D eigenvalue weighted by Crippen LogP contribution is 2.43. The zero-order valence-electron chi connectivity index (χ0n) is 23.7. The summed E-state index contributed by atoms with van der Waals surface area (Å²) in [6.07, 6.45) is 21.0. The third-order valence-corrected chi connectivity index (χ3v) is 9.12. The SMILES string of the molecule is CC1C=C(/C=C\C2=CC(C)(C)C=C(CCCCC(C)(C)C(=O)O)S2)SC(CCCCC(C)(C)C(=O)O)=C1. The summed E-state index contributed by atoms with van der Waals surface area (Å²) >= 11 is 3.66. The zero-order chi connectivity index (χ0) is 27.9. The van der Waals surface area contributed by atoms with Crippen LogP contribution < -0.4 is 0 Å². The van der Waals surface area contributed by atoms with Crippen LogP contribution in [0.4, 0.5) is 0 Å². The second kappa shape index (κ2) is 13.4. The smallest absolute Gasteiger partial charge is 0.309 e. The van der Waals surface area contributed by atoms with Gasteiger partial charge in [0.05, 0.1) is 10.8 Å². The van der Waals surface area contributed by atoms with Gasteiger partial charge in [0.2, 0.25) is 0 Å². The molecule has 0 bridgehead atoms. The van der Waals surface area contributed by atoms with E-state index in [1.54, 1.807) is 27.7 Å². The van der Waals surface area contributed by atoms with Gasteiger partial charge >= 0.3 is 11.9 Å². The third-order valence-electron chi connectivity index (χ3n) is 6.94. The van der Waals surface area contributed by atoms with Gasteiger partial charge in [0.15, 0.2) is 0 Å². The highest BCUT2D eigenvalue weighted by atomic mass is 32.2. The van der Waals surface area contributed by atoms with Gasteiger partial charge in [-0.05, 0) is 94.1 Å². The van der Waals surface area contributed by atoms with Crippen molar-refractivity contribution in [3.05, 3.63) is 56.1 Å². The van der Waals surface area contributed by atoms with Gasteiger partial charge in [-0.25, -0.2) is 0 Å². The molecule has 0 amide bonds. The van der Waals surface area contributed by atoms with Crippen molar-refractivity contribution in [2.24, 2.45) is 22.2 Å². The third kappa shape index (κ3) is 10.9. The molecule has 6 heteroatoms. The number of aliphatic carboxylic acids is 2. The van der Waals surface area contributed by atoms with E-state index in [1.807, 2.05) is 23.5 Å². The minimum atomic E-state index is -0.723. The molecule has 0 saturated carbocycles. The maximum absolute atomic E-state index is 11.4. The lowest BCUT2D eigenvalue weighted by atomic mass is 9.87. The quantitative estimate of drug-likeness (QED) is 0.211. The summed E-state index contributed by atoms with van der Waals surface area (Å²) < 4.78 is 0. The zero-order valence-corrected chi connectivity index (χ0v) is 25.4. The van der Waals surface area contributed by atoms with Gasteiger partial charge in [-0.15, -0.1) is 0 Å². The summed E-state index contributed by atoms with van der Waals surface area (Å²) in [6.45, 7) is 13.9. The molecule has 37 heavy (non-hydrogen) atoms. The molecule has 0 saturated heterocycles. The van der Waals surface area contributed by atoms with Crippen molar-refractivity contribution in [2.75, 3.05) is 0 Å². The topological polar surface area (TPSA) is 74.6 Å². The summed E-state index contributed by atoms with van der Waals surface area (Å²) in [6, 6.07) is 0. The average molecular weight is 547 g/mol. The number of unbranched alkanes of at least 4 members (excludes halogenated alkanes) is 2. The highest BCUT2D eigenvalue weighted by Gasteiger charge is 2.27. The van der Waals surface area contributed by atoms with Crippen LogP contribution in [0.1, 0.15) is 99.8 Å². The molecular formula is C31H46O4S2. The number of carboxylic acids is 2. The van der Waals surface area contributed by atoms with Crippen LogP contribution >= 0.6 is 23.5 Å². The van der Waals surface area contributed by atoms with Crippen LogP contribution in [0.2, 0.25) is 0 Å². The van der Waals surface area contributed by atoms with E-state index in [1.165, 1.54) is 19.6 Å². The van der Waals surface area contributed by atoms with Crippen LogP contribution in [0.25, 0.3) is 0 Å². The van der Waals surface area contributed by atoms with Crippen LogP contribution in [0.15, 0.2) is 56.1 Å². The number of allylic oxidation sites excluding steroid dienone is 8. The van der Waals surface area contributed by atoms with Crippen molar-refractivity contribution >= 4 is 35.5 Å². The molecule has 2 N–H and O–H groups in total. The van der Waals surface area contributed by atoms with Crippen LogP contribution in [-0.4, -0.2) is 22.2 Å². The lowest BCUT2D eigenvalue weighted by Crippen LogP contribution is -2.23. The molecule has 2 heterocycles. The molecule has 0 aromatic carbocycles. The van der Waals surface area contributed by atoms with E-state index in [2.05, 4.69) is 57.2 Å². The standard InChI is InChI=1S/C31H46O4S2/c1-22-18-23(12-8-10-16-30(4,5)27(32)33)36-24(19-22)14-15-26-21-29(2,3)20-25(37-26)13-9-11-17-31(6,7)28(34)35/h14-15,18-22H,8-13,16-17H2,1-7H3,(H,32,33)(H,34,35)/b15-14-. The van der Waals surface area contributed by atoms with Crippen LogP contribution in [-0.2, 0) is 9.59 Å². The van der Waals surface area contributed by atoms with Gasteiger partial charge in [-0.2, -0.15) is 0 Å². The second-order valence-corrected chi connectivity index (χ2v) is 14.8. The van der Waals surface area contributed by atoms with Gasteiger partial charge in [0.1, 0.15) is 0 Å². The molecule has 0 aromatic rings. The van der Waals surface area contributed by atoms with Gasteiger partial charge in [0, 0.05) is 15.2 Å². The molecule has 206 valence electrons. The molecule has 2 rings (SSSR count). The number of hydrogen-bond donors (Lipinski definition) is 2. The van der Waals surface area contributed by atoms with Crippen molar-refractivity contribution in [3.8, 4) is 0 Å². The fraction of sp³-hybridized carbons (Fsp3) is 0.613. The Hall–Kier alpha value is -1.66. The molecule has 0 aromatic heterocycles. The van der Waals surface area contributed by atoms with Gasteiger partial charge < -0.3 is 10.2 Å². The Morgan fingerprint density at radius 2 is 1.30 bits per heavy atom. The Labute approximate surface area is 232 Å². The van der Waals surface area contributed by atoms with E-state index in [9.17, 15) is 19.8 Å². The fourth-order valence-electron chi connectivity index (χ4n) is 4.39. The first-order valence-corrected chi connectivity index (χ1v) is 15.1. The van der Waals surface area contributed by atoms with Gasteiger partial charge in [-0.1, -0.05) is 81.4 Å². The number of carboxylic acid groups (broad SMARTS) is 2. The van der Waals surface area contributed by atoms with Crippen LogP contribution in [0, 0.1) is 22.2 Å². The Morgan fingerprint density at radius 3 is 1.84 bits per heavy atom. The first-order valence-electron chi connectivity index (χ1n) is 13.5. The first-order chi connectivity index (χ1) is 17.1. The van der Waals surface area contributed by atoms with E-state index in [-0.39, 0.29) is 5.41 Å². The predicted molar refractivity (Wildman–Crippen MR) is 159 cm³/mol. The molecule has 2 aliphatic heterocycles. The van der Waals surface area contributed by atoms with E-state index >= 15 is 0 Å². The molecule has 0 fully saturated rings. The number of carbonyl (C=O) groups is 2. The second-order valence-electron chi connectivity index (χ2n) is 12.4. The maximum Gasteiger partial charge on any atom is 0.309 e. The maximum atomic E-state index is 11.4. The molecule has 1 atom stereocenters. The Morgan fingerprint density at radius 1 is 0.811 bits per heavy atom. The molecular weight excluding hydrogens is 500 g/mol. The summed E-state index contributed by atoms with van der Waals surface area (Å²) in [7, 11) is 0. The van der Waals surface area contributed by atoms with Crippen molar-refractivity contribution < 1.29 is 19.8 Å². The predicted octanol–water partition coefficient (Wildman–Crippen LogP) is 9.58. The molecule has 0 spiro atoms. The van der Waals surface area contributed by atoms with Gasteiger partial charge in [-0.3, -0.25) is 9.59 Å². The van der Waals surface area contributed by atoms with E-state index < -0.39 is 22.8 Å². The number of thioether (sulfide) groups is 2. The summed E-state index contributed by atoms with van der Waals surface area (Å²) in [5.74, 6) is -1.05. The molecule has 4 nitrogen and oxygen atoms in total. The van der Waals surface area contributed by atoms with E-state index in [0.717, 1.165) is 38.5 Å². The minimum Gasteiger partial charge on any atom is -0.481 e. The minimum absolute atomic E-state index is 0.00321. The number of rotatable bonds is 14. The first kappa shape index (κ1) is 31.6. The lowest BCUT2D eigenvalue weighted by Gasteiger charge is -2.25. The van der Waals surface area contributed by atoms with Gasteiger partial charge in [0.25, 0.3) is 0 Å². The van der Waals surface area contributed by atoms with Crippen molar-refractivity contribution in [1.29, 1.82) is 0 Å². The Balaban J connectivity index is 1.88. The number of hydrogen-bond acceptors (Lipinski definition) is 4. The molecule has 0 aliphatic carbocycles. The van der Waals surface area contributed by atoms with Crippen LogP contribution in [0.5, 0.6) is 0 Å². The Kier molecular flexibility index (Phi) is 11.4.